The van der Waals surface area contributed by atoms with E-state index in [1.807, 2.05) is 0 Å². The molecule has 0 radical (unpaired) electrons. The van der Waals surface area contributed by atoms with E-state index < -0.39 is 6.10 Å². The molecule has 392 valence electrons. The summed E-state index contributed by atoms with van der Waals surface area (Å²) in [6.45, 7) is 6.55. The fourth-order valence-corrected chi connectivity index (χ4v) is 8.75. The average Bonchev–Trinajstić information content (AvgIpc) is 3.33. The van der Waals surface area contributed by atoms with Crippen LogP contribution in [0.5, 0.6) is 0 Å². The molecule has 0 aromatic carbocycles. The number of allylic oxidation sites excluding steroid dienone is 6. The van der Waals surface area contributed by atoms with Gasteiger partial charge in [0.1, 0.15) is 13.2 Å². The average molecular weight is 942 g/mol. The van der Waals surface area contributed by atoms with Crippen molar-refractivity contribution in [1.82, 2.24) is 0 Å². The summed E-state index contributed by atoms with van der Waals surface area (Å²) < 4.78 is 16.9. The molecule has 6 nitrogen and oxygen atoms in total. The molecule has 0 bridgehead atoms. The Morgan fingerprint density at radius 3 is 0.910 bits per heavy atom. The predicted octanol–water partition coefficient (Wildman–Crippen LogP) is 19.7. The van der Waals surface area contributed by atoms with Gasteiger partial charge >= 0.3 is 17.9 Å². The third kappa shape index (κ3) is 54.4. The molecule has 0 saturated carbocycles. The zero-order chi connectivity index (χ0) is 48.6. The largest absolute Gasteiger partial charge is 0.462 e. The molecule has 1 atom stereocenters. The summed E-state index contributed by atoms with van der Waals surface area (Å²) in [6.07, 6.45) is 67.2. The van der Waals surface area contributed by atoms with E-state index in [-0.39, 0.29) is 31.1 Å². The van der Waals surface area contributed by atoms with Crippen LogP contribution in [-0.2, 0) is 28.6 Å². The lowest BCUT2D eigenvalue weighted by atomic mass is 10.0. The van der Waals surface area contributed by atoms with Crippen LogP contribution in [-0.4, -0.2) is 37.2 Å². The van der Waals surface area contributed by atoms with Crippen molar-refractivity contribution in [3.8, 4) is 0 Å². The summed E-state index contributed by atoms with van der Waals surface area (Å²) in [5, 5.41) is 0. The van der Waals surface area contributed by atoms with Gasteiger partial charge in [0.2, 0.25) is 0 Å². The quantitative estimate of drug-likeness (QED) is 0.0262. The van der Waals surface area contributed by atoms with E-state index in [0.29, 0.717) is 19.3 Å². The number of carbonyl (C=O) groups excluding carboxylic acids is 3. The summed E-state index contributed by atoms with van der Waals surface area (Å²) in [7, 11) is 0. The number of rotatable bonds is 54. The Balaban J connectivity index is 4.32. The Morgan fingerprint density at radius 2 is 0.582 bits per heavy atom. The Labute approximate surface area is 416 Å². The van der Waals surface area contributed by atoms with Crippen LogP contribution in [0.1, 0.15) is 316 Å². The number of unbranched alkanes of at least 4 members (excludes halogenated alkanes) is 37. The lowest BCUT2D eigenvalue weighted by Gasteiger charge is -2.18. The van der Waals surface area contributed by atoms with E-state index in [0.717, 1.165) is 83.5 Å². The second-order valence-corrected chi connectivity index (χ2v) is 19.9. The second-order valence-electron chi connectivity index (χ2n) is 19.9. The normalized spacial score (nSPS) is 12.2. The molecule has 0 aliphatic rings. The minimum Gasteiger partial charge on any atom is -0.462 e. The fourth-order valence-electron chi connectivity index (χ4n) is 8.75. The first-order valence-electron chi connectivity index (χ1n) is 29.5. The van der Waals surface area contributed by atoms with Crippen LogP contribution in [0.3, 0.4) is 0 Å². The maximum absolute atomic E-state index is 12.9. The number of carbonyl (C=O) groups is 3. The lowest BCUT2D eigenvalue weighted by molar-refractivity contribution is -0.167. The maximum atomic E-state index is 12.9. The highest BCUT2D eigenvalue weighted by Crippen LogP contribution is 2.17. The van der Waals surface area contributed by atoms with Gasteiger partial charge in [-0.1, -0.05) is 282 Å². The van der Waals surface area contributed by atoms with Crippen LogP contribution in [0.25, 0.3) is 0 Å². The highest BCUT2D eigenvalue weighted by atomic mass is 16.6. The third-order valence-electron chi connectivity index (χ3n) is 13.2. The maximum Gasteiger partial charge on any atom is 0.306 e. The zero-order valence-corrected chi connectivity index (χ0v) is 44.9. The Kier molecular flexibility index (Phi) is 54.2. The summed E-state index contributed by atoms with van der Waals surface area (Å²) in [5.74, 6) is -0.886. The van der Waals surface area contributed by atoms with Gasteiger partial charge in [0.25, 0.3) is 0 Å². The first kappa shape index (κ1) is 64.6. The van der Waals surface area contributed by atoms with Crippen LogP contribution < -0.4 is 0 Å². The van der Waals surface area contributed by atoms with Crippen molar-refractivity contribution < 1.29 is 28.6 Å². The van der Waals surface area contributed by atoms with Crippen LogP contribution in [0.4, 0.5) is 0 Å². The van der Waals surface area contributed by atoms with Gasteiger partial charge in [-0.15, -0.1) is 0 Å². The molecular formula is C61H112O6. The Hall–Kier alpha value is -2.37. The molecule has 0 amide bonds. The standard InChI is InChI=1S/C61H112O6/c1-4-7-10-13-16-19-22-25-27-29-31-33-36-39-42-45-48-51-54-60(63)66-57-58(56-65-59(62)53-50-47-44-41-38-35-24-21-18-15-12-9-6-3)67-61(64)55-52-49-46-43-40-37-34-32-30-28-26-23-20-17-14-11-8-5-2/h9,12,18,21,35,38,58H,4-8,10-11,13-17,19-20,22-34,36-37,39-57H2,1-3H3/b12-9-,21-18-,38-35-. The number of esters is 3. The molecule has 0 fully saturated rings. The fraction of sp³-hybridized carbons (Fsp3) is 0.852. The lowest BCUT2D eigenvalue weighted by Crippen LogP contribution is -2.30. The molecule has 1 unspecified atom stereocenters. The molecule has 0 heterocycles. The van der Waals surface area contributed by atoms with Crippen molar-refractivity contribution in [2.45, 2.75) is 322 Å². The van der Waals surface area contributed by atoms with Gasteiger partial charge in [0.15, 0.2) is 6.10 Å². The van der Waals surface area contributed by atoms with E-state index in [2.05, 4.69) is 57.2 Å². The van der Waals surface area contributed by atoms with E-state index in [1.54, 1.807) is 0 Å². The Morgan fingerprint density at radius 1 is 0.313 bits per heavy atom. The van der Waals surface area contributed by atoms with Crippen LogP contribution in [0, 0.1) is 0 Å². The minimum atomic E-state index is -0.780. The monoisotopic (exact) mass is 941 g/mol. The summed E-state index contributed by atoms with van der Waals surface area (Å²) in [4.78, 5) is 38.1. The molecular weight excluding hydrogens is 829 g/mol. The summed E-state index contributed by atoms with van der Waals surface area (Å²) in [6, 6.07) is 0. The van der Waals surface area contributed by atoms with Crippen molar-refractivity contribution in [3.05, 3.63) is 36.5 Å². The van der Waals surface area contributed by atoms with Crippen LogP contribution in [0.2, 0.25) is 0 Å². The van der Waals surface area contributed by atoms with E-state index in [9.17, 15) is 14.4 Å². The Bertz CT molecular complexity index is 1130. The van der Waals surface area contributed by atoms with Crippen LogP contribution in [0.15, 0.2) is 36.5 Å². The molecule has 0 rings (SSSR count). The molecule has 0 N–H and O–H groups in total. The molecule has 0 spiro atoms. The van der Waals surface area contributed by atoms with Gasteiger partial charge in [-0.05, 0) is 51.4 Å². The van der Waals surface area contributed by atoms with Gasteiger partial charge in [0, 0.05) is 19.3 Å². The number of hydrogen-bond donors (Lipinski definition) is 0. The topological polar surface area (TPSA) is 78.9 Å². The first-order chi connectivity index (χ1) is 33.0. The smallest absolute Gasteiger partial charge is 0.306 e. The zero-order valence-electron chi connectivity index (χ0n) is 44.9. The van der Waals surface area contributed by atoms with Gasteiger partial charge < -0.3 is 14.2 Å². The van der Waals surface area contributed by atoms with E-state index in [4.69, 9.17) is 14.2 Å². The molecule has 0 aliphatic heterocycles. The minimum absolute atomic E-state index is 0.0764. The molecule has 0 aliphatic carbocycles. The van der Waals surface area contributed by atoms with Crippen molar-refractivity contribution in [1.29, 1.82) is 0 Å². The van der Waals surface area contributed by atoms with Crippen molar-refractivity contribution in [3.63, 3.8) is 0 Å². The SMILES string of the molecule is CC/C=C\C/C=C\C/C=C\CCCCCC(=O)OCC(COC(=O)CCCCCCCCCCCCCCCCCCCC)OC(=O)CCCCCCCCCCCCCCCCCCCC. The highest BCUT2D eigenvalue weighted by Gasteiger charge is 2.19. The second kappa shape index (κ2) is 56.2. The molecule has 0 aromatic rings. The van der Waals surface area contributed by atoms with Crippen molar-refractivity contribution in [2.24, 2.45) is 0 Å². The molecule has 0 aromatic heterocycles. The summed E-state index contributed by atoms with van der Waals surface area (Å²) >= 11 is 0. The highest BCUT2D eigenvalue weighted by molar-refractivity contribution is 5.71. The number of ether oxygens (including phenoxy) is 3. The number of hydrogen-bond acceptors (Lipinski definition) is 6. The first-order valence-corrected chi connectivity index (χ1v) is 29.5. The van der Waals surface area contributed by atoms with Gasteiger partial charge in [-0.3, -0.25) is 14.4 Å². The van der Waals surface area contributed by atoms with Crippen molar-refractivity contribution in [2.75, 3.05) is 13.2 Å². The predicted molar refractivity (Wildman–Crippen MR) is 289 cm³/mol. The van der Waals surface area contributed by atoms with Crippen LogP contribution >= 0.6 is 0 Å². The van der Waals surface area contributed by atoms with Gasteiger partial charge in [0.05, 0.1) is 0 Å². The molecule has 6 heteroatoms. The van der Waals surface area contributed by atoms with E-state index in [1.165, 1.54) is 193 Å². The van der Waals surface area contributed by atoms with Gasteiger partial charge in [-0.2, -0.15) is 0 Å². The van der Waals surface area contributed by atoms with E-state index >= 15 is 0 Å². The van der Waals surface area contributed by atoms with Gasteiger partial charge in [-0.25, -0.2) is 0 Å². The third-order valence-corrected chi connectivity index (χ3v) is 13.2. The molecule has 67 heavy (non-hydrogen) atoms. The summed E-state index contributed by atoms with van der Waals surface area (Å²) in [5.41, 5.74) is 0. The molecule has 0 saturated heterocycles. The van der Waals surface area contributed by atoms with Crippen molar-refractivity contribution >= 4 is 17.9 Å².